The molecule has 3 rings (SSSR count). The fraction of sp³-hybridized carbons (Fsp3) is 0. The minimum Gasteiger partial charge on any atom is -0.276 e. The van der Waals surface area contributed by atoms with E-state index in [2.05, 4.69) is 37.2 Å². The zero-order valence-electron chi connectivity index (χ0n) is 7.16. The Hall–Kier alpha value is -1.42. The van der Waals surface area contributed by atoms with Crippen LogP contribution in [0.25, 0.3) is 21.8 Å². The molecule has 0 saturated carbocycles. The summed E-state index contributed by atoms with van der Waals surface area (Å²) in [5.41, 5.74) is 1.96. The Balaban J connectivity index is 2.60. The molecule has 2 aromatic heterocycles. The molecule has 3 aromatic rings. The minimum absolute atomic E-state index is 0.968. The highest BCUT2D eigenvalue weighted by Crippen LogP contribution is 2.24. The number of aromatic nitrogens is 3. The molecular formula is C10H6BrN3. The predicted octanol–water partition coefficient (Wildman–Crippen LogP) is 2.87. The lowest BCUT2D eigenvalue weighted by molar-refractivity contribution is 1.12. The van der Waals surface area contributed by atoms with Gasteiger partial charge in [-0.2, -0.15) is 5.10 Å². The SMILES string of the molecule is Brc1ccc2ncc3[nH]ncc3c2c1. The second-order valence-corrected chi connectivity index (χ2v) is 4.03. The third kappa shape index (κ3) is 1.04. The Morgan fingerprint density at radius 3 is 3.00 bits per heavy atom. The first-order chi connectivity index (χ1) is 6.84. The second kappa shape index (κ2) is 2.78. The molecule has 0 spiro atoms. The Kier molecular flexibility index (Phi) is 1.58. The maximum Gasteiger partial charge on any atom is 0.0840 e. The normalized spacial score (nSPS) is 11.2. The van der Waals surface area contributed by atoms with Crippen molar-refractivity contribution in [2.45, 2.75) is 0 Å². The number of nitrogens with zero attached hydrogens (tertiary/aromatic N) is 2. The molecule has 0 aliphatic heterocycles. The van der Waals surface area contributed by atoms with Crippen LogP contribution >= 0.6 is 15.9 Å². The van der Waals surface area contributed by atoms with Gasteiger partial charge in [0.25, 0.3) is 0 Å². The topological polar surface area (TPSA) is 41.6 Å². The Labute approximate surface area is 88.3 Å². The van der Waals surface area contributed by atoms with Crippen molar-refractivity contribution in [3.8, 4) is 0 Å². The molecule has 0 atom stereocenters. The van der Waals surface area contributed by atoms with Crippen LogP contribution in [0, 0.1) is 0 Å². The highest BCUT2D eigenvalue weighted by molar-refractivity contribution is 9.10. The number of H-pyrrole nitrogens is 1. The van der Waals surface area contributed by atoms with Crippen molar-refractivity contribution in [3.05, 3.63) is 35.1 Å². The van der Waals surface area contributed by atoms with Crippen molar-refractivity contribution >= 4 is 37.7 Å². The fourth-order valence-electron chi connectivity index (χ4n) is 1.58. The monoisotopic (exact) mass is 247 g/mol. The molecule has 68 valence electrons. The molecule has 4 heteroatoms. The van der Waals surface area contributed by atoms with Crippen LogP contribution < -0.4 is 0 Å². The van der Waals surface area contributed by atoms with Crippen LogP contribution in [-0.2, 0) is 0 Å². The maximum absolute atomic E-state index is 4.33. The third-order valence-corrected chi connectivity index (χ3v) is 2.74. The van der Waals surface area contributed by atoms with Crippen LogP contribution in [0.15, 0.2) is 35.1 Å². The second-order valence-electron chi connectivity index (χ2n) is 3.12. The third-order valence-electron chi connectivity index (χ3n) is 2.25. The number of hydrogen-bond donors (Lipinski definition) is 1. The Morgan fingerprint density at radius 1 is 1.14 bits per heavy atom. The summed E-state index contributed by atoms with van der Waals surface area (Å²) in [5, 5.41) is 9.13. The van der Waals surface area contributed by atoms with Crippen LogP contribution in [-0.4, -0.2) is 15.2 Å². The first kappa shape index (κ1) is 7.94. The van der Waals surface area contributed by atoms with E-state index in [-0.39, 0.29) is 0 Å². The van der Waals surface area contributed by atoms with Gasteiger partial charge < -0.3 is 0 Å². The quantitative estimate of drug-likeness (QED) is 0.664. The number of fused-ring (bicyclic) bond motifs is 3. The smallest absolute Gasteiger partial charge is 0.0840 e. The van der Waals surface area contributed by atoms with E-state index >= 15 is 0 Å². The summed E-state index contributed by atoms with van der Waals surface area (Å²) in [6, 6.07) is 6.04. The van der Waals surface area contributed by atoms with E-state index in [1.54, 1.807) is 6.20 Å². The van der Waals surface area contributed by atoms with Crippen molar-refractivity contribution in [1.29, 1.82) is 0 Å². The predicted molar refractivity (Wildman–Crippen MR) is 59.1 cm³/mol. The standard InChI is InChI=1S/C10H6BrN3/c11-6-1-2-9-7(3-6)8-4-13-14-10(8)5-12-9/h1-5H,(H,13,14). The van der Waals surface area contributed by atoms with E-state index < -0.39 is 0 Å². The van der Waals surface area contributed by atoms with Crippen molar-refractivity contribution in [1.82, 2.24) is 15.2 Å². The lowest BCUT2D eigenvalue weighted by Crippen LogP contribution is -1.79. The molecule has 0 radical (unpaired) electrons. The van der Waals surface area contributed by atoms with Gasteiger partial charge in [0.1, 0.15) is 0 Å². The van der Waals surface area contributed by atoms with Crippen LogP contribution in [0.2, 0.25) is 0 Å². The number of benzene rings is 1. The molecule has 3 nitrogen and oxygen atoms in total. The fourth-order valence-corrected chi connectivity index (χ4v) is 1.94. The van der Waals surface area contributed by atoms with Crippen molar-refractivity contribution in [2.24, 2.45) is 0 Å². The summed E-state index contributed by atoms with van der Waals surface area (Å²) in [5.74, 6) is 0. The summed E-state index contributed by atoms with van der Waals surface area (Å²) >= 11 is 3.45. The molecule has 0 unspecified atom stereocenters. The van der Waals surface area contributed by atoms with Crippen LogP contribution in [0.5, 0.6) is 0 Å². The molecule has 14 heavy (non-hydrogen) atoms. The molecule has 1 N–H and O–H groups in total. The van der Waals surface area contributed by atoms with Crippen LogP contribution in [0.4, 0.5) is 0 Å². The van der Waals surface area contributed by atoms with E-state index in [0.29, 0.717) is 0 Å². The van der Waals surface area contributed by atoms with Gasteiger partial charge in [-0.25, -0.2) is 0 Å². The molecular weight excluding hydrogens is 242 g/mol. The summed E-state index contributed by atoms with van der Waals surface area (Å²) in [7, 11) is 0. The van der Waals surface area contributed by atoms with Gasteiger partial charge in [-0.3, -0.25) is 10.1 Å². The van der Waals surface area contributed by atoms with E-state index in [1.807, 2.05) is 18.3 Å². The number of hydrogen-bond acceptors (Lipinski definition) is 2. The summed E-state index contributed by atoms with van der Waals surface area (Å²) in [4.78, 5) is 4.33. The highest BCUT2D eigenvalue weighted by Gasteiger charge is 2.02. The Morgan fingerprint density at radius 2 is 2.07 bits per heavy atom. The van der Waals surface area contributed by atoms with Gasteiger partial charge >= 0.3 is 0 Å². The van der Waals surface area contributed by atoms with Gasteiger partial charge in [-0.15, -0.1) is 0 Å². The van der Waals surface area contributed by atoms with Crippen molar-refractivity contribution < 1.29 is 0 Å². The van der Waals surface area contributed by atoms with Gasteiger partial charge in [-0.1, -0.05) is 15.9 Å². The average molecular weight is 248 g/mol. The molecule has 0 bridgehead atoms. The zero-order chi connectivity index (χ0) is 9.54. The summed E-state index contributed by atoms with van der Waals surface area (Å²) < 4.78 is 1.06. The summed E-state index contributed by atoms with van der Waals surface area (Å²) in [6.07, 6.45) is 3.63. The highest BCUT2D eigenvalue weighted by atomic mass is 79.9. The van der Waals surface area contributed by atoms with Crippen molar-refractivity contribution in [2.75, 3.05) is 0 Å². The lowest BCUT2D eigenvalue weighted by atomic mass is 10.1. The van der Waals surface area contributed by atoms with Gasteiger partial charge in [0.2, 0.25) is 0 Å². The molecule has 2 heterocycles. The largest absolute Gasteiger partial charge is 0.276 e. The molecule has 0 saturated heterocycles. The van der Waals surface area contributed by atoms with Crippen LogP contribution in [0.1, 0.15) is 0 Å². The first-order valence-electron chi connectivity index (χ1n) is 4.22. The van der Waals surface area contributed by atoms with Crippen molar-refractivity contribution in [3.63, 3.8) is 0 Å². The molecule has 0 aliphatic carbocycles. The summed E-state index contributed by atoms with van der Waals surface area (Å²) in [6.45, 7) is 0. The average Bonchev–Trinajstić information content (AvgIpc) is 2.65. The molecule has 0 amide bonds. The number of pyridine rings is 1. The van der Waals surface area contributed by atoms with Crippen LogP contribution in [0.3, 0.4) is 0 Å². The maximum atomic E-state index is 4.33. The number of aromatic amines is 1. The number of nitrogens with one attached hydrogen (secondary N) is 1. The van der Waals surface area contributed by atoms with E-state index in [0.717, 1.165) is 26.3 Å². The number of halogens is 1. The Bertz CT molecular complexity index is 615. The minimum atomic E-state index is 0.968. The zero-order valence-corrected chi connectivity index (χ0v) is 8.75. The lowest BCUT2D eigenvalue weighted by Gasteiger charge is -1.98. The number of rotatable bonds is 0. The van der Waals surface area contributed by atoms with E-state index in [4.69, 9.17) is 0 Å². The van der Waals surface area contributed by atoms with E-state index in [9.17, 15) is 0 Å². The van der Waals surface area contributed by atoms with Gasteiger partial charge in [0, 0.05) is 15.2 Å². The van der Waals surface area contributed by atoms with Gasteiger partial charge in [-0.05, 0) is 18.2 Å². The molecule has 0 aliphatic rings. The van der Waals surface area contributed by atoms with E-state index in [1.165, 1.54) is 0 Å². The molecule has 0 fully saturated rings. The van der Waals surface area contributed by atoms with Gasteiger partial charge in [0.15, 0.2) is 0 Å². The van der Waals surface area contributed by atoms with Gasteiger partial charge in [0.05, 0.1) is 23.4 Å². The first-order valence-corrected chi connectivity index (χ1v) is 5.01. The molecule has 1 aromatic carbocycles.